The van der Waals surface area contributed by atoms with E-state index in [4.69, 9.17) is 0 Å². The summed E-state index contributed by atoms with van der Waals surface area (Å²) in [5, 5.41) is 16.7. The highest BCUT2D eigenvalue weighted by molar-refractivity contribution is 5.95. The van der Waals surface area contributed by atoms with E-state index in [1.54, 1.807) is 0 Å². The summed E-state index contributed by atoms with van der Waals surface area (Å²) in [5.41, 5.74) is -2.20. The number of aromatic nitrogens is 3. The minimum Gasteiger partial charge on any atom is -0.391 e. The van der Waals surface area contributed by atoms with Crippen LogP contribution in [0.3, 0.4) is 0 Å². The second kappa shape index (κ2) is 8.74. The van der Waals surface area contributed by atoms with E-state index in [-0.39, 0.29) is 22.5 Å². The van der Waals surface area contributed by atoms with Gasteiger partial charge in [0.25, 0.3) is 11.5 Å². The third-order valence-electron chi connectivity index (χ3n) is 5.35. The second-order valence-corrected chi connectivity index (χ2v) is 7.65. The van der Waals surface area contributed by atoms with Gasteiger partial charge in [-0.3, -0.25) is 14.6 Å². The fourth-order valence-corrected chi connectivity index (χ4v) is 3.65. The minimum absolute atomic E-state index is 0.0165. The summed E-state index contributed by atoms with van der Waals surface area (Å²) < 4.78 is 53.2. The fraction of sp³-hybridized carbons (Fsp3) is 0.273. The number of carbonyl (C=O) groups excluding carboxylic acids is 1. The van der Waals surface area contributed by atoms with Gasteiger partial charge < -0.3 is 10.4 Å². The molecule has 0 bridgehead atoms. The monoisotopic (exact) mass is 462 g/mol. The second-order valence-electron chi connectivity index (χ2n) is 7.65. The number of rotatable bonds is 4. The molecule has 0 saturated heterocycles. The zero-order valence-electron chi connectivity index (χ0n) is 17.0. The van der Waals surface area contributed by atoms with Crippen LogP contribution in [-0.2, 0) is 6.18 Å². The number of hydrogen-bond donors (Lipinski definition) is 2. The van der Waals surface area contributed by atoms with E-state index >= 15 is 0 Å². The Bertz CT molecular complexity index is 1240. The molecule has 11 heteroatoms. The molecule has 33 heavy (non-hydrogen) atoms. The molecule has 0 spiro atoms. The molecule has 2 aromatic heterocycles. The number of carbonyl (C=O) groups is 1. The summed E-state index contributed by atoms with van der Waals surface area (Å²) in [7, 11) is 0. The molecule has 0 unspecified atom stereocenters. The Labute approximate surface area is 184 Å². The van der Waals surface area contributed by atoms with Gasteiger partial charge in [-0.2, -0.15) is 23.0 Å². The average Bonchev–Trinajstić information content (AvgIpc) is 3.17. The molecule has 4 rings (SSSR count). The van der Waals surface area contributed by atoms with Gasteiger partial charge in [-0.15, -0.1) is 0 Å². The minimum atomic E-state index is -4.64. The highest BCUT2D eigenvalue weighted by Crippen LogP contribution is 2.28. The van der Waals surface area contributed by atoms with Crippen LogP contribution in [0.25, 0.3) is 16.9 Å². The Kier molecular flexibility index (Phi) is 5.98. The summed E-state index contributed by atoms with van der Waals surface area (Å²) in [5.74, 6) is -1.43. The van der Waals surface area contributed by atoms with Gasteiger partial charge in [0.05, 0.1) is 23.5 Å². The molecule has 2 atom stereocenters. The molecule has 1 amide bonds. The maximum Gasteiger partial charge on any atom is 0.433 e. The maximum atomic E-state index is 13.8. The van der Waals surface area contributed by atoms with Crippen molar-refractivity contribution in [2.75, 3.05) is 0 Å². The van der Waals surface area contributed by atoms with Gasteiger partial charge in [0.15, 0.2) is 0 Å². The van der Waals surface area contributed by atoms with Crippen molar-refractivity contribution < 1.29 is 27.5 Å². The summed E-state index contributed by atoms with van der Waals surface area (Å²) in [6.45, 7) is 0. The number of aliphatic hydroxyl groups is 1. The van der Waals surface area contributed by atoms with Gasteiger partial charge in [0, 0.05) is 11.8 Å². The first-order chi connectivity index (χ1) is 15.6. The van der Waals surface area contributed by atoms with Crippen LogP contribution >= 0.6 is 0 Å². The lowest BCUT2D eigenvalue weighted by atomic mass is 10.1. The molecule has 1 fully saturated rings. The van der Waals surface area contributed by atoms with Crippen LogP contribution in [0.2, 0.25) is 0 Å². The predicted molar refractivity (Wildman–Crippen MR) is 109 cm³/mol. The molecule has 3 aromatic rings. The molecule has 2 heterocycles. The number of benzene rings is 1. The van der Waals surface area contributed by atoms with E-state index in [2.05, 4.69) is 15.4 Å². The third kappa shape index (κ3) is 4.77. The van der Waals surface area contributed by atoms with E-state index < -0.39 is 41.3 Å². The van der Waals surface area contributed by atoms with Crippen LogP contribution in [0, 0.1) is 5.82 Å². The largest absolute Gasteiger partial charge is 0.433 e. The van der Waals surface area contributed by atoms with E-state index in [0.717, 1.165) is 41.2 Å². The molecule has 0 aliphatic heterocycles. The average molecular weight is 462 g/mol. The highest BCUT2D eigenvalue weighted by Gasteiger charge is 2.32. The third-order valence-corrected chi connectivity index (χ3v) is 5.35. The van der Waals surface area contributed by atoms with Crippen molar-refractivity contribution in [2.45, 2.75) is 37.6 Å². The molecule has 2 N–H and O–H groups in total. The Balaban J connectivity index is 1.81. The van der Waals surface area contributed by atoms with Crippen LogP contribution in [0.5, 0.6) is 0 Å². The summed E-state index contributed by atoms with van der Waals surface area (Å²) in [6.07, 6.45) is -2.71. The summed E-state index contributed by atoms with van der Waals surface area (Å²) in [6, 6.07) is 7.40. The molecule has 7 nitrogen and oxygen atoms in total. The number of halogens is 4. The number of pyridine rings is 1. The van der Waals surface area contributed by atoms with Crippen molar-refractivity contribution >= 4 is 5.91 Å². The lowest BCUT2D eigenvalue weighted by Crippen LogP contribution is -2.42. The first kappa shape index (κ1) is 22.6. The first-order valence-electron chi connectivity index (χ1n) is 10.1. The van der Waals surface area contributed by atoms with Crippen LogP contribution < -0.4 is 10.9 Å². The van der Waals surface area contributed by atoms with Gasteiger partial charge in [-0.25, -0.2) is 4.39 Å². The SMILES string of the molecule is O=C(N[C@H]1CCC[C@@H]1O)c1cc(-c2ccc(C(F)(F)F)nc2)nn(-c2cccc(F)c2)c1=O. The first-order valence-corrected chi connectivity index (χ1v) is 10.1. The van der Waals surface area contributed by atoms with Crippen LogP contribution in [-0.4, -0.2) is 37.9 Å². The molecule has 0 radical (unpaired) electrons. The number of nitrogens with zero attached hydrogens (tertiary/aromatic N) is 3. The van der Waals surface area contributed by atoms with Gasteiger partial charge in [-0.05, 0) is 55.7 Å². The fourth-order valence-electron chi connectivity index (χ4n) is 3.65. The summed E-state index contributed by atoms with van der Waals surface area (Å²) in [4.78, 5) is 29.3. The van der Waals surface area contributed by atoms with Crippen molar-refractivity contribution in [3.63, 3.8) is 0 Å². The molecule has 172 valence electrons. The smallest absolute Gasteiger partial charge is 0.391 e. The number of nitrogens with one attached hydrogen (secondary N) is 1. The number of aliphatic hydroxyl groups excluding tert-OH is 1. The molecule has 1 aliphatic carbocycles. The lowest BCUT2D eigenvalue weighted by molar-refractivity contribution is -0.141. The Morgan fingerprint density at radius 1 is 1.15 bits per heavy atom. The van der Waals surface area contributed by atoms with Crippen LogP contribution in [0.4, 0.5) is 17.6 Å². The van der Waals surface area contributed by atoms with Crippen LogP contribution in [0.1, 0.15) is 35.3 Å². The zero-order valence-corrected chi connectivity index (χ0v) is 17.0. The molecule has 1 aliphatic rings. The Hall–Kier alpha value is -3.60. The van der Waals surface area contributed by atoms with E-state index in [1.165, 1.54) is 12.1 Å². The van der Waals surface area contributed by atoms with Gasteiger partial charge in [0.2, 0.25) is 0 Å². The van der Waals surface area contributed by atoms with E-state index in [9.17, 15) is 32.3 Å². The maximum absolute atomic E-state index is 13.8. The Morgan fingerprint density at radius 2 is 1.94 bits per heavy atom. The van der Waals surface area contributed by atoms with Crippen molar-refractivity contribution in [1.82, 2.24) is 20.1 Å². The van der Waals surface area contributed by atoms with Gasteiger partial charge in [0.1, 0.15) is 17.1 Å². The van der Waals surface area contributed by atoms with Gasteiger partial charge >= 0.3 is 6.18 Å². The van der Waals surface area contributed by atoms with Crippen molar-refractivity contribution in [2.24, 2.45) is 0 Å². The van der Waals surface area contributed by atoms with Gasteiger partial charge in [-0.1, -0.05) is 6.07 Å². The van der Waals surface area contributed by atoms with Crippen molar-refractivity contribution in [1.29, 1.82) is 0 Å². The van der Waals surface area contributed by atoms with E-state index in [1.807, 2.05) is 0 Å². The molecule has 1 aromatic carbocycles. The molecular weight excluding hydrogens is 444 g/mol. The van der Waals surface area contributed by atoms with Crippen molar-refractivity contribution in [3.8, 4) is 16.9 Å². The standard InChI is InChI=1S/C22H18F4N4O3/c23-13-3-1-4-14(9-13)30-21(33)15(20(32)28-16-5-2-6-18(16)31)10-17(29-30)12-7-8-19(27-11-12)22(24,25)26/h1,3-4,7-11,16,18,31H,2,5-6H2,(H,28,32)/t16-,18-/m0/s1. The normalized spacial score (nSPS) is 18.3. The van der Waals surface area contributed by atoms with Crippen molar-refractivity contribution in [3.05, 3.63) is 76.1 Å². The van der Waals surface area contributed by atoms with Crippen LogP contribution in [0.15, 0.2) is 53.5 Å². The zero-order chi connectivity index (χ0) is 23.8. The topological polar surface area (TPSA) is 97.1 Å². The molecule has 1 saturated carbocycles. The molecular formula is C22H18F4N4O3. The predicted octanol–water partition coefficient (Wildman–Crippen LogP) is 3.10. The quantitative estimate of drug-likeness (QED) is 0.581. The summed E-state index contributed by atoms with van der Waals surface area (Å²) >= 11 is 0. The number of hydrogen-bond acceptors (Lipinski definition) is 5. The lowest BCUT2D eigenvalue weighted by Gasteiger charge is -2.17. The van der Waals surface area contributed by atoms with E-state index in [0.29, 0.717) is 19.3 Å². The highest BCUT2D eigenvalue weighted by atomic mass is 19.4. The number of alkyl halides is 3. The Morgan fingerprint density at radius 3 is 2.55 bits per heavy atom. The number of amides is 1.